The second-order valence-electron chi connectivity index (χ2n) is 3.32. The Morgan fingerprint density at radius 2 is 2.47 bits per heavy atom. The van der Waals surface area contributed by atoms with Crippen molar-refractivity contribution in [3.05, 3.63) is 46.7 Å². The zero-order valence-electron chi connectivity index (χ0n) is 8.55. The first kappa shape index (κ1) is 10.3. The molecular formula is C11H13N3S. The Labute approximate surface area is 93.2 Å². The van der Waals surface area contributed by atoms with E-state index in [0.29, 0.717) is 0 Å². The fourth-order valence-electron chi connectivity index (χ4n) is 1.50. The zero-order valence-corrected chi connectivity index (χ0v) is 9.37. The van der Waals surface area contributed by atoms with Gasteiger partial charge in [-0.05, 0) is 25.1 Å². The van der Waals surface area contributed by atoms with Crippen molar-refractivity contribution in [3.8, 4) is 0 Å². The van der Waals surface area contributed by atoms with Gasteiger partial charge in [-0.15, -0.1) is 11.3 Å². The molecule has 2 heterocycles. The van der Waals surface area contributed by atoms with Crippen molar-refractivity contribution in [1.29, 1.82) is 0 Å². The molecule has 1 N–H and O–H groups in total. The zero-order chi connectivity index (χ0) is 10.5. The van der Waals surface area contributed by atoms with Gasteiger partial charge in [-0.1, -0.05) is 6.07 Å². The summed E-state index contributed by atoms with van der Waals surface area (Å²) < 4.78 is 0. The molecule has 0 saturated carbocycles. The molecule has 0 aliphatic carbocycles. The quantitative estimate of drug-likeness (QED) is 0.855. The van der Waals surface area contributed by atoms with E-state index < -0.39 is 0 Å². The van der Waals surface area contributed by atoms with Gasteiger partial charge in [-0.2, -0.15) is 0 Å². The fourth-order valence-corrected chi connectivity index (χ4v) is 2.11. The molecule has 4 heteroatoms. The second kappa shape index (κ2) is 5.00. The van der Waals surface area contributed by atoms with Gasteiger partial charge in [0.25, 0.3) is 0 Å². The van der Waals surface area contributed by atoms with Crippen LogP contribution in [-0.4, -0.2) is 17.0 Å². The minimum Gasteiger partial charge on any atom is -0.311 e. The molecule has 0 aliphatic heterocycles. The minimum atomic E-state index is 0.278. The lowest BCUT2D eigenvalue weighted by Crippen LogP contribution is -2.19. The van der Waals surface area contributed by atoms with Crippen molar-refractivity contribution in [3.63, 3.8) is 0 Å². The highest BCUT2D eigenvalue weighted by Gasteiger charge is 2.11. The largest absolute Gasteiger partial charge is 0.311 e. The number of hydrogen-bond acceptors (Lipinski definition) is 4. The minimum absolute atomic E-state index is 0.278. The Hall–Kier alpha value is -1.26. The second-order valence-corrected chi connectivity index (χ2v) is 4.04. The van der Waals surface area contributed by atoms with E-state index in [1.807, 2.05) is 24.8 Å². The van der Waals surface area contributed by atoms with E-state index in [-0.39, 0.29) is 6.04 Å². The van der Waals surface area contributed by atoms with Crippen LogP contribution < -0.4 is 5.32 Å². The predicted molar refractivity (Wildman–Crippen MR) is 61.9 cm³/mol. The number of aromatic nitrogens is 2. The van der Waals surface area contributed by atoms with Crippen molar-refractivity contribution in [2.24, 2.45) is 0 Å². The lowest BCUT2D eigenvalue weighted by atomic mass is 10.1. The Morgan fingerprint density at radius 1 is 1.53 bits per heavy atom. The molecule has 1 unspecified atom stereocenters. The van der Waals surface area contributed by atoms with Gasteiger partial charge >= 0.3 is 0 Å². The summed E-state index contributed by atoms with van der Waals surface area (Å²) in [6, 6.07) is 4.33. The Bertz CT molecular complexity index is 385. The molecule has 3 nitrogen and oxygen atoms in total. The van der Waals surface area contributed by atoms with Gasteiger partial charge in [0.2, 0.25) is 0 Å². The fraction of sp³-hybridized carbons (Fsp3) is 0.273. The lowest BCUT2D eigenvalue weighted by Gasteiger charge is -2.13. The van der Waals surface area contributed by atoms with Crippen LogP contribution in [0.4, 0.5) is 0 Å². The van der Waals surface area contributed by atoms with Gasteiger partial charge in [-0.3, -0.25) is 4.98 Å². The highest BCUT2D eigenvalue weighted by molar-refractivity contribution is 7.07. The molecule has 2 aromatic heterocycles. The smallest absolute Gasteiger partial charge is 0.0795 e. The van der Waals surface area contributed by atoms with E-state index >= 15 is 0 Å². The molecule has 0 amide bonds. The predicted octanol–water partition coefficient (Wildman–Crippen LogP) is 2.04. The first-order valence-corrected chi connectivity index (χ1v) is 5.78. The van der Waals surface area contributed by atoms with Gasteiger partial charge in [0, 0.05) is 17.8 Å². The number of likely N-dealkylation sites (N-methyl/N-ethyl adjacent to an activating group) is 1. The molecule has 0 bridgehead atoms. The standard InChI is InChI=1S/C11H13N3S/c1-12-10(11-7-15-8-14-11)5-9-3-2-4-13-6-9/h2-4,6-8,10,12H,5H2,1H3. The average Bonchev–Trinajstić information content (AvgIpc) is 2.81. The van der Waals surface area contributed by atoms with E-state index in [2.05, 4.69) is 26.7 Å². The third-order valence-corrected chi connectivity index (χ3v) is 2.92. The molecular weight excluding hydrogens is 206 g/mol. The molecule has 0 saturated heterocycles. The van der Waals surface area contributed by atoms with Crippen LogP contribution in [0.5, 0.6) is 0 Å². The number of nitrogens with one attached hydrogen (secondary N) is 1. The van der Waals surface area contributed by atoms with Crippen molar-refractivity contribution in [2.45, 2.75) is 12.5 Å². The van der Waals surface area contributed by atoms with Crippen molar-refractivity contribution >= 4 is 11.3 Å². The maximum atomic E-state index is 4.32. The highest BCUT2D eigenvalue weighted by Crippen LogP contribution is 2.17. The monoisotopic (exact) mass is 219 g/mol. The van der Waals surface area contributed by atoms with Gasteiger partial charge in [0.1, 0.15) is 0 Å². The SMILES string of the molecule is CNC(Cc1cccnc1)c1cscn1. The van der Waals surface area contributed by atoms with Crippen LogP contribution in [0, 0.1) is 0 Å². The molecule has 0 spiro atoms. The molecule has 78 valence electrons. The van der Waals surface area contributed by atoms with E-state index in [4.69, 9.17) is 0 Å². The summed E-state index contributed by atoms with van der Waals surface area (Å²) in [5.41, 5.74) is 4.19. The van der Waals surface area contributed by atoms with Crippen molar-refractivity contribution < 1.29 is 0 Å². The van der Waals surface area contributed by atoms with Crippen LogP contribution in [0.1, 0.15) is 17.3 Å². The summed E-state index contributed by atoms with van der Waals surface area (Å²) in [6.45, 7) is 0. The van der Waals surface area contributed by atoms with Gasteiger partial charge in [0.15, 0.2) is 0 Å². The van der Waals surface area contributed by atoms with Crippen molar-refractivity contribution in [2.75, 3.05) is 7.05 Å². The molecule has 15 heavy (non-hydrogen) atoms. The molecule has 1 atom stereocenters. The lowest BCUT2D eigenvalue weighted by molar-refractivity contribution is 0.578. The summed E-state index contributed by atoms with van der Waals surface area (Å²) in [5, 5.41) is 5.35. The van der Waals surface area contributed by atoms with Crippen LogP contribution >= 0.6 is 11.3 Å². The first-order valence-electron chi connectivity index (χ1n) is 4.84. The van der Waals surface area contributed by atoms with Crippen LogP contribution in [0.2, 0.25) is 0 Å². The van der Waals surface area contributed by atoms with E-state index in [1.165, 1.54) is 5.56 Å². The van der Waals surface area contributed by atoms with E-state index in [9.17, 15) is 0 Å². The number of thiazole rings is 1. The molecule has 0 radical (unpaired) electrons. The summed E-state index contributed by atoms with van der Waals surface area (Å²) >= 11 is 1.63. The van der Waals surface area contributed by atoms with Gasteiger partial charge in [-0.25, -0.2) is 4.98 Å². The summed E-state index contributed by atoms with van der Waals surface area (Å²) in [4.78, 5) is 8.43. The van der Waals surface area contributed by atoms with Crippen LogP contribution in [0.3, 0.4) is 0 Å². The van der Waals surface area contributed by atoms with E-state index in [1.54, 1.807) is 17.5 Å². The summed E-state index contributed by atoms with van der Waals surface area (Å²) in [5.74, 6) is 0. The Balaban J connectivity index is 2.10. The van der Waals surface area contributed by atoms with Crippen molar-refractivity contribution in [1.82, 2.24) is 15.3 Å². The van der Waals surface area contributed by atoms with Gasteiger partial charge in [0.05, 0.1) is 17.2 Å². The average molecular weight is 219 g/mol. The number of pyridine rings is 1. The third-order valence-electron chi connectivity index (χ3n) is 2.32. The Morgan fingerprint density at radius 3 is 3.07 bits per heavy atom. The maximum absolute atomic E-state index is 4.32. The number of rotatable bonds is 4. The maximum Gasteiger partial charge on any atom is 0.0795 e. The van der Waals surface area contributed by atoms with Crippen LogP contribution in [0.25, 0.3) is 0 Å². The number of nitrogens with zero attached hydrogens (tertiary/aromatic N) is 2. The third kappa shape index (κ3) is 2.61. The van der Waals surface area contributed by atoms with E-state index in [0.717, 1.165) is 12.1 Å². The molecule has 2 rings (SSSR count). The topological polar surface area (TPSA) is 37.8 Å². The molecule has 2 aromatic rings. The number of hydrogen-bond donors (Lipinski definition) is 1. The molecule has 0 fully saturated rings. The Kier molecular flexibility index (Phi) is 3.42. The van der Waals surface area contributed by atoms with Crippen LogP contribution in [0.15, 0.2) is 35.4 Å². The summed E-state index contributed by atoms with van der Waals surface area (Å²) in [6.07, 6.45) is 4.62. The molecule has 0 aromatic carbocycles. The normalized spacial score (nSPS) is 12.6. The summed E-state index contributed by atoms with van der Waals surface area (Å²) in [7, 11) is 1.96. The molecule has 0 aliphatic rings. The highest BCUT2D eigenvalue weighted by atomic mass is 32.1. The first-order chi connectivity index (χ1) is 7.40. The van der Waals surface area contributed by atoms with Gasteiger partial charge < -0.3 is 5.32 Å². The van der Waals surface area contributed by atoms with Crippen LogP contribution in [-0.2, 0) is 6.42 Å².